The molecule has 0 aromatic carbocycles. The molecule has 0 aliphatic carbocycles. The molecular weight excluding hydrogens is 456 g/mol. The Morgan fingerprint density at radius 1 is 1.32 bits per heavy atom. The van der Waals surface area contributed by atoms with Crippen molar-refractivity contribution in [2.24, 2.45) is 0 Å². The minimum atomic E-state index is -3.63. The Labute approximate surface area is 177 Å². The maximum absolute atomic E-state index is 12.2. The smallest absolute Gasteiger partial charge is 0.351 e. The van der Waals surface area contributed by atoms with Gasteiger partial charge in [-0.05, 0) is 6.07 Å². The van der Waals surface area contributed by atoms with E-state index in [9.17, 15) is 28.6 Å². The van der Waals surface area contributed by atoms with Crippen LogP contribution in [-0.4, -0.2) is 106 Å². The number of anilines is 1. The highest BCUT2D eigenvalue weighted by Crippen LogP contribution is 2.29. The van der Waals surface area contributed by atoms with Crippen LogP contribution in [0.2, 0.25) is 0 Å². The van der Waals surface area contributed by atoms with Gasteiger partial charge >= 0.3 is 5.69 Å². The van der Waals surface area contributed by atoms with E-state index in [1.54, 1.807) is 0 Å². The predicted molar refractivity (Wildman–Crippen MR) is 96.8 cm³/mol. The lowest BCUT2D eigenvalue weighted by molar-refractivity contribution is -0.212. The van der Waals surface area contributed by atoms with E-state index in [1.807, 2.05) is 0 Å². The van der Waals surface area contributed by atoms with E-state index in [0.717, 1.165) is 4.57 Å². The summed E-state index contributed by atoms with van der Waals surface area (Å²) in [6.07, 6.45) is -12.0. The van der Waals surface area contributed by atoms with Gasteiger partial charge in [0.25, 0.3) is 6.43 Å². The summed E-state index contributed by atoms with van der Waals surface area (Å²) >= 11 is 4.81. The number of ether oxygens (including phenoxy) is 1. The van der Waals surface area contributed by atoms with Gasteiger partial charge in [-0.1, -0.05) is 11.6 Å². The summed E-state index contributed by atoms with van der Waals surface area (Å²) in [4.78, 5) is 24.9. The fraction of sp³-hybridized carbons (Fsp3) is 0.667. The van der Waals surface area contributed by atoms with Crippen molar-refractivity contribution in [1.29, 1.82) is 0 Å². The molecule has 178 valence electrons. The molecule has 2 heterocycles. The van der Waals surface area contributed by atoms with Crippen LogP contribution in [0.25, 0.3) is 0 Å². The molecule has 1 fully saturated rings. The van der Waals surface area contributed by atoms with Crippen molar-refractivity contribution < 1.29 is 54.1 Å². The Bertz CT molecular complexity index is 778. The third kappa shape index (κ3) is 5.91. The molecule has 1 aromatic rings. The molecular formula is C15H22ClF2N3O10. The van der Waals surface area contributed by atoms with Gasteiger partial charge in [-0.15, -0.1) is 0 Å². The number of aromatic nitrogens is 2. The SMILES string of the molecule is Nc1ccn([C@@H]2O[C@H](CO)[C@@H](O)[C@H]2O)c(=O)n1.O=CC(O)C(O)C(O)(C(F)F)C(O)Cl. The van der Waals surface area contributed by atoms with Crippen LogP contribution in [0.5, 0.6) is 0 Å². The lowest BCUT2D eigenvalue weighted by atomic mass is 9.94. The summed E-state index contributed by atoms with van der Waals surface area (Å²) in [7, 11) is 0. The number of halogens is 3. The molecule has 0 saturated carbocycles. The van der Waals surface area contributed by atoms with Gasteiger partial charge < -0.3 is 51.0 Å². The number of nitrogens with zero attached hydrogens (tertiary/aromatic N) is 2. The van der Waals surface area contributed by atoms with Crippen LogP contribution in [0.1, 0.15) is 6.23 Å². The first-order chi connectivity index (χ1) is 14.3. The van der Waals surface area contributed by atoms with Gasteiger partial charge in [0, 0.05) is 6.20 Å². The number of nitrogens with two attached hydrogens (primary N) is 1. The highest BCUT2D eigenvalue weighted by Gasteiger charge is 2.53. The van der Waals surface area contributed by atoms with Crippen LogP contribution in [0.4, 0.5) is 14.6 Å². The van der Waals surface area contributed by atoms with E-state index >= 15 is 0 Å². The van der Waals surface area contributed by atoms with Crippen molar-refractivity contribution >= 4 is 23.7 Å². The molecule has 1 saturated heterocycles. The second kappa shape index (κ2) is 11.2. The molecule has 2 rings (SSSR count). The van der Waals surface area contributed by atoms with Crippen LogP contribution in [0.15, 0.2) is 17.1 Å². The van der Waals surface area contributed by atoms with E-state index in [4.69, 9.17) is 47.6 Å². The third-order valence-electron chi connectivity index (χ3n) is 4.31. The number of alkyl halides is 3. The van der Waals surface area contributed by atoms with Crippen LogP contribution in [0.3, 0.4) is 0 Å². The largest absolute Gasteiger partial charge is 0.394 e. The maximum Gasteiger partial charge on any atom is 0.351 e. The average Bonchev–Trinajstić information content (AvgIpc) is 3.00. The lowest BCUT2D eigenvalue weighted by Gasteiger charge is -2.34. The summed E-state index contributed by atoms with van der Waals surface area (Å²) in [5, 5.41) is 63.4. The number of aliphatic hydroxyl groups is 7. The summed E-state index contributed by atoms with van der Waals surface area (Å²) < 4.78 is 30.6. The van der Waals surface area contributed by atoms with Crippen molar-refractivity contribution in [2.45, 2.75) is 54.3 Å². The van der Waals surface area contributed by atoms with Crippen LogP contribution < -0.4 is 11.4 Å². The number of aldehydes is 1. The van der Waals surface area contributed by atoms with Crippen molar-refractivity contribution in [2.75, 3.05) is 12.3 Å². The summed E-state index contributed by atoms with van der Waals surface area (Å²) in [5.74, 6) is 0.0537. The first-order valence-corrected chi connectivity index (χ1v) is 8.87. The van der Waals surface area contributed by atoms with Crippen LogP contribution in [0, 0.1) is 0 Å². The zero-order chi connectivity index (χ0) is 24.1. The zero-order valence-corrected chi connectivity index (χ0v) is 16.3. The number of nitrogen functional groups attached to an aromatic ring is 1. The minimum Gasteiger partial charge on any atom is -0.394 e. The molecule has 8 atom stereocenters. The molecule has 16 heteroatoms. The summed E-state index contributed by atoms with van der Waals surface area (Å²) in [6.45, 7) is -0.453. The normalized spacial score (nSPS) is 28.2. The first-order valence-electron chi connectivity index (χ1n) is 8.44. The number of hydrogen-bond donors (Lipinski definition) is 8. The van der Waals surface area contributed by atoms with Crippen LogP contribution >= 0.6 is 11.6 Å². The molecule has 1 aromatic heterocycles. The maximum atomic E-state index is 12.2. The van der Waals surface area contributed by atoms with Gasteiger partial charge in [-0.3, -0.25) is 4.57 Å². The fourth-order valence-corrected chi connectivity index (χ4v) is 2.68. The summed E-state index contributed by atoms with van der Waals surface area (Å²) in [6, 6.07) is 1.37. The minimum absolute atomic E-state index is 0.0537. The number of aliphatic hydroxyl groups excluding tert-OH is 6. The quantitative estimate of drug-likeness (QED) is 0.138. The Morgan fingerprint density at radius 3 is 2.29 bits per heavy atom. The fourth-order valence-electron chi connectivity index (χ4n) is 2.45. The Hall–Kier alpha value is -1.82. The Kier molecular flexibility index (Phi) is 9.80. The van der Waals surface area contributed by atoms with Gasteiger partial charge in [0.15, 0.2) is 23.7 Å². The van der Waals surface area contributed by atoms with Crippen molar-refractivity contribution in [3.8, 4) is 0 Å². The molecule has 1 aliphatic rings. The zero-order valence-electron chi connectivity index (χ0n) is 15.5. The van der Waals surface area contributed by atoms with E-state index in [0.29, 0.717) is 0 Å². The van der Waals surface area contributed by atoms with E-state index in [2.05, 4.69) is 4.98 Å². The highest BCUT2D eigenvalue weighted by molar-refractivity contribution is 6.20. The molecule has 0 bridgehead atoms. The first kappa shape index (κ1) is 27.2. The standard InChI is InChI=1S/C9H13N3O5.C6H9ClF2O5/c10-5-1-2-12(9(16)11-5)8-7(15)6(14)4(3-13)17-8;7-4(13)6(14,5(8)9)3(12)2(11)1-10/h1-2,4,6-8,13-15H,3H2,(H2,10,11,16);1-5,11-14H/t4-,6-,7-,8-;/m1./s1. The molecule has 4 unspecified atom stereocenters. The number of hydrogen-bond acceptors (Lipinski definition) is 12. The van der Waals surface area contributed by atoms with Crippen molar-refractivity contribution in [1.82, 2.24) is 9.55 Å². The molecule has 0 radical (unpaired) electrons. The molecule has 0 amide bonds. The second-order valence-electron chi connectivity index (χ2n) is 6.37. The van der Waals surface area contributed by atoms with E-state index in [1.165, 1.54) is 12.3 Å². The number of carbonyl (C=O) groups excluding carboxylic acids is 1. The summed E-state index contributed by atoms with van der Waals surface area (Å²) in [5.41, 5.74) is -1.35. The average molecular weight is 478 g/mol. The van der Waals surface area contributed by atoms with Gasteiger partial charge in [-0.2, -0.15) is 4.98 Å². The monoisotopic (exact) mass is 477 g/mol. The lowest BCUT2D eigenvalue weighted by Crippen LogP contribution is -2.60. The molecule has 0 spiro atoms. The Morgan fingerprint density at radius 2 is 1.90 bits per heavy atom. The molecule has 9 N–H and O–H groups in total. The van der Waals surface area contributed by atoms with Gasteiger partial charge in [0.05, 0.1) is 6.61 Å². The van der Waals surface area contributed by atoms with Gasteiger partial charge in [0.1, 0.15) is 36.3 Å². The topological polar surface area (TPSA) is 229 Å². The second-order valence-corrected chi connectivity index (χ2v) is 6.78. The highest BCUT2D eigenvalue weighted by atomic mass is 35.5. The van der Waals surface area contributed by atoms with E-state index < -0.39 is 66.6 Å². The molecule has 13 nitrogen and oxygen atoms in total. The molecule has 1 aliphatic heterocycles. The molecule has 31 heavy (non-hydrogen) atoms. The third-order valence-corrected chi connectivity index (χ3v) is 4.66. The number of carbonyl (C=O) groups is 1. The van der Waals surface area contributed by atoms with Crippen molar-refractivity contribution in [3.63, 3.8) is 0 Å². The number of rotatable bonds is 7. The Balaban J connectivity index is 0.000000318. The van der Waals surface area contributed by atoms with Crippen molar-refractivity contribution in [3.05, 3.63) is 22.7 Å². The van der Waals surface area contributed by atoms with Crippen LogP contribution in [-0.2, 0) is 9.53 Å². The predicted octanol–water partition coefficient (Wildman–Crippen LogP) is -4.10. The van der Waals surface area contributed by atoms with Gasteiger partial charge in [-0.25, -0.2) is 13.6 Å². The van der Waals surface area contributed by atoms with E-state index in [-0.39, 0.29) is 12.1 Å². The van der Waals surface area contributed by atoms with Gasteiger partial charge in [0.2, 0.25) is 0 Å².